The third-order valence-corrected chi connectivity index (χ3v) is 3.35. The first-order valence-corrected chi connectivity index (χ1v) is 6.40. The second kappa shape index (κ2) is 5.33. The fourth-order valence-electron chi connectivity index (χ4n) is 2.24. The SMILES string of the molecule is COc1ccc(-c2coc3cc(N=O)cc(O)c3c2=O)cc1. The highest BCUT2D eigenvalue weighted by molar-refractivity contribution is 5.89. The summed E-state index contributed by atoms with van der Waals surface area (Å²) in [5.41, 5.74) is 0.647. The Morgan fingerprint density at radius 1 is 1.18 bits per heavy atom. The molecule has 0 radical (unpaired) electrons. The average molecular weight is 297 g/mol. The molecule has 110 valence electrons. The van der Waals surface area contributed by atoms with E-state index in [4.69, 9.17) is 9.15 Å². The summed E-state index contributed by atoms with van der Waals surface area (Å²) in [6, 6.07) is 9.31. The lowest BCUT2D eigenvalue weighted by Crippen LogP contribution is -2.05. The number of nitrogens with zero attached hydrogens (tertiary/aromatic N) is 1. The molecule has 3 aromatic rings. The molecule has 3 rings (SSSR count). The molecule has 1 heterocycles. The third-order valence-electron chi connectivity index (χ3n) is 3.35. The maximum atomic E-state index is 12.5. The second-order valence-corrected chi connectivity index (χ2v) is 4.64. The summed E-state index contributed by atoms with van der Waals surface area (Å²) in [6.07, 6.45) is 1.29. The summed E-state index contributed by atoms with van der Waals surface area (Å²) in [4.78, 5) is 23.1. The van der Waals surface area contributed by atoms with Gasteiger partial charge < -0.3 is 14.3 Å². The smallest absolute Gasteiger partial charge is 0.204 e. The summed E-state index contributed by atoms with van der Waals surface area (Å²) in [7, 11) is 1.55. The van der Waals surface area contributed by atoms with Crippen molar-refractivity contribution >= 4 is 16.7 Å². The van der Waals surface area contributed by atoms with Crippen molar-refractivity contribution in [3.05, 3.63) is 57.8 Å². The van der Waals surface area contributed by atoms with Crippen LogP contribution in [0.15, 0.2) is 57.0 Å². The van der Waals surface area contributed by atoms with Crippen molar-refractivity contribution in [1.29, 1.82) is 0 Å². The highest BCUT2D eigenvalue weighted by atomic mass is 16.5. The number of hydrogen-bond donors (Lipinski definition) is 1. The van der Waals surface area contributed by atoms with Crippen LogP contribution in [-0.2, 0) is 0 Å². The molecule has 0 spiro atoms. The molecule has 0 bridgehead atoms. The predicted octanol–water partition coefficient (Wildman–Crippen LogP) is 3.57. The van der Waals surface area contributed by atoms with E-state index in [1.807, 2.05) is 0 Å². The predicted molar refractivity (Wildman–Crippen MR) is 81.6 cm³/mol. The largest absolute Gasteiger partial charge is 0.507 e. The van der Waals surface area contributed by atoms with Crippen molar-refractivity contribution in [3.63, 3.8) is 0 Å². The molecule has 0 aliphatic carbocycles. The molecule has 0 saturated heterocycles. The Morgan fingerprint density at radius 3 is 2.55 bits per heavy atom. The number of aromatic hydroxyl groups is 1. The Balaban J connectivity index is 2.23. The fraction of sp³-hybridized carbons (Fsp3) is 0.0625. The van der Waals surface area contributed by atoms with Crippen molar-refractivity contribution in [2.75, 3.05) is 7.11 Å². The van der Waals surface area contributed by atoms with E-state index in [1.54, 1.807) is 31.4 Å². The number of fused-ring (bicyclic) bond motifs is 1. The molecule has 1 aromatic heterocycles. The zero-order valence-electron chi connectivity index (χ0n) is 11.6. The van der Waals surface area contributed by atoms with E-state index in [0.29, 0.717) is 16.9 Å². The Hall–Kier alpha value is -3.15. The Bertz CT molecular complexity index is 912. The zero-order valence-corrected chi connectivity index (χ0v) is 11.6. The number of nitroso groups, excluding NO2 is 1. The molecular weight excluding hydrogens is 286 g/mol. The summed E-state index contributed by atoms with van der Waals surface area (Å²) in [5.74, 6) is 0.328. The van der Waals surface area contributed by atoms with Crippen LogP contribution in [0.2, 0.25) is 0 Å². The molecule has 0 aliphatic rings. The Morgan fingerprint density at radius 2 is 1.91 bits per heavy atom. The third kappa shape index (κ3) is 2.20. The van der Waals surface area contributed by atoms with Crippen molar-refractivity contribution in [3.8, 4) is 22.6 Å². The van der Waals surface area contributed by atoms with Crippen LogP contribution in [0.4, 0.5) is 5.69 Å². The van der Waals surface area contributed by atoms with Gasteiger partial charge in [0.15, 0.2) is 0 Å². The summed E-state index contributed by atoms with van der Waals surface area (Å²) in [6.45, 7) is 0. The van der Waals surface area contributed by atoms with Gasteiger partial charge in [-0.05, 0) is 22.9 Å². The van der Waals surface area contributed by atoms with E-state index >= 15 is 0 Å². The van der Waals surface area contributed by atoms with Crippen LogP contribution in [-0.4, -0.2) is 12.2 Å². The minimum Gasteiger partial charge on any atom is -0.507 e. The van der Waals surface area contributed by atoms with Gasteiger partial charge in [0, 0.05) is 12.1 Å². The number of rotatable bonds is 3. The van der Waals surface area contributed by atoms with E-state index in [9.17, 15) is 14.8 Å². The van der Waals surface area contributed by atoms with E-state index in [2.05, 4.69) is 5.18 Å². The number of ether oxygens (including phenoxy) is 1. The molecule has 0 unspecified atom stereocenters. The van der Waals surface area contributed by atoms with Gasteiger partial charge in [-0.3, -0.25) is 4.79 Å². The van der Waals surface area contributed by atoms with Crippen LogP contribution in [0.1, 0.15) is 0 Å². The van der Waals surface area contributed by atoms with Crippen LogP contribution >= 0.6 is 0 Å². The molecule has 1 N–H and O–H groups in total. The minimum absolute atomic E-state index is 0.00894. The zero-order chi connectivity index (χ0) is 15.7. The standard InChI is InChI=1S/C16H11NO5/c1-21-11-4-2-9(3-5-11)12-8-22-14-7-10(17-20)6-13(18)15(14)16(12)19/h2-8,18H,1H3. The molecule has 2 aromatic carbocycles. The van der Waals surface area contributed by atoms with E-state index < -0.39 is 0 Å². The lowest BCUT2D eigenvalue weighted by Gasteiger charge is -2.05. The molecule has 6 nitrogen and oxygen atoms in total. The molecule has 0 amide bonds. The number of phenolic OH excluding ortho intramolecular Hbond substituents is 1. The topological polar surface area (TPSA) is 89.1 Å². The van der Waals surface area contributed by atoms with Gasteiger partial charge in [-0.15, -0.1) is 4.91 Å². The first-order valence-electron chi connectivity index (χ1n) is 6.40. The summed E-state index contributed by atoms with van der Waals surface area (Å²) in [5, 5.41) is 12.7. The van der Waals surface area contributed by atoms with Crippen molar-refractivity contribution in [1.82, 2.24) is 0 Å². The van der Waals surface area contributed by atoms with Crippen LogP contribution in [0, 0.1) is 4.91 Å². The van der Waals surface area contributed by atoms with E-state index in [-0.39, 0.29) is 27.8 Å². The van der Waals surface area contributed by atoms with Crippen molar-refractivity contribution in [2.45, 2.75) is 0 Å². The van der Waals surface area contributed by atoms with Gasteiger partial charge in [0.1, 0.15) is 34.4 Å². The Kier molecular flexibility index (Phi) is 3.34. The van der Waals surface area contributed by atoms with Crippen LogP contribution < -0.4 is 10.2 Å². The van der Waals surface area contributed by atoms with Crippen molar-refractivity contribution < 1.29 is 14.3 Å². The fourth-order valence-corrected chi connectivity index (χ4v) is 2.24. The van der Waals surface area contributed by atoms with Gasteiger partial charge >= 0.3 is 0 Å². The monoisotopic (exact) mass is 297 g/mol. The van der Waals surface area contributed by atoms with Gasteiger partial charge in [-0.2, -0.15) is 0 Å². The van der Waals surface area contributed by atoms with E-state index in [1.165, 1.54) is 12.3 Å². The van der Waals surface area contributed by atoms with Gasteiger partial charge in [0.25, 0.3) is 0 Å². The molecule has 0 fully saturated rings. The highest BCUT2D eigenvalue weighted by Crippen LogP contribution is 2.30. The first kappa shape index (κ1) is 13.8. The van der Waals surface area contributed by atoms with Crippen LogP contribution in [0.25, 0.3) is 22.1 Å². The second-order valence-electron chi connectivity index (χ2n) is 4.64. The average Bonchev–Trinajstić information content (AvgIpc) is 2.55. The number of methoxy groups -OCH3 is 1. The maximum Gasteiger partial charge on any atom is 0.204 e. The summed E-state index contributed by atoms with van der Waals surface area (Å²) < 4.78 is 10.4. The van der Waals surface area contributed by atoms with Crippen molar-refractivity contribution in [2.24, 2.45) is 5.18 Å². The number of phenols is 1. The number of hydrogen-bond acceptors (Lipinski definition) is 6. The van der Waals surface area contributed by atoms with E-state index in [0.717, 1.165) is 6.07 Å². The quantitative estimate of drug-likeness (QED) is 0.746. The molecule has 0 atom stereocenters. The minimum atomic E-state index is -0.388. The molecule has 22 heavy (non-hydrogen) atoms. The lowest BCUT2D eigenvalue weighted by atomic mass is 10.0. The van der Waals surface area contributed by atoms with Crippen LogP contribution in [0.5, 0.6) is 11.5 Å². The normalized spacial score (nSPS) is 10.6. The first-order chi connectivity index (χ1) is 10.6. The maximum absolute atomic E-state index is 12.5. The van der Waals surface area contributed by atoms with Gasteiger partial charge in [-0.1, -0.05) is 12.1 Å². The number of benzene rings is 2. The van der Waals surface area contributed by atoms with Gasteiger partial charge in [0.2, 0.25) is 5.43 Å². The van der Waals surface area contributed by atoms with Gasteiger partial charge in [-0.25, -0.2) is 0 Å². The lowest BCUT2D eigenvalue weighted by molar-refractivity contribution is 0.415. The molecule has 6 heteroatoms. The Labute approximate surface area is 124 Å². The molecule has 0 saturated carbocycles. The van der Waals surface area contributed by atoms with Crippen LogP contribution in [0.3, 0.4) is 0 Å². The molecular formula is C16H11NO5. The summed E-state index contributed by atoms with van der Waals surface area (Å²) >= 11 is 0. The molecule has 0 aliphatic heterocycles. The van der Waals surface area contributed by atoms with Gasteiger partial charge in [0.05, 0.1) is 12.7 Å². The highest BCUT2D eigenvalue weighted by Gasteiger charge is 2.14.